The molecular weight excluding hydrogens is 316 g/mol. The van der Waals surface area contributed by atoms with Crippen molar-refractivity contribution in [2.24, 2.45) is 0 Å². The van der Waals surface area contributed by atoms with Crippen molar-refractivity contribution in [2.75, 3.05) is 26.2 Å². The molecule has 0 N–H and O–H groups in total. The summed E-state index contributed by atoms with van der Waals surface area (Å²) in [5.41, 5.74) is 1.64. The van der Waals surface area contributed by atoms with Crippen molar-refractivity contribution in [3.05, 3.63) is 59.3 Å². The Hall–Kier alpha value is -2.73. The van der Waals surface area contributed by atoms with Gasteiger partial charge in [0.25, 0.3) is 5.56 Å². The number of rotatable bonds is 5. The van der Waals surface area contributed by atoms with E-state index in [1.54, 1.807) is 18.6 Å². The van der Waals surface area contributed by atoms with E-state index in [0.717, 1.165) is 25.2 Å². The molecule has 3 heterocycles. The van der Waals surface area contributed by atoms with Crippen molar-refractivity contribution < 1.29 is 4.74 Å². The maximum atomic E-state index is 13.0. The molecule has 0 spiro atoms. The number of likely N-dealkylation sites (tertiary alicyclic amines) is 1. The van der Waals surface area contributed by atoms with Gasteiger partial charge in [0.2, 0.25) is 5.88 Å². The lowest BCUT2D eigenvalue weighted by atomic mass is 10.1. The van der Waals surface area contributed by atoms with Crippen molar-refractivity contribution in [1.29, 1.82) is 0 Å². The van der Waals surface area contributed by atoms with Crippen LogP contribution >= 0.6 is 0 Å². The van der Waals surface area contributed by atoms with Crippen molar-refractivity contribution in [2.45, 2.75) is 12.8 Å². The summed E-state index contributed by atoms with van der Waals surface area (Å²) in [6, 6.07) is 9.54. The Morgan fingerprint density at radius 3 is 2.72 bits per heavy atom. The highest BCUT2D eigenvalue weighted by atomic mass is 16.5. The molecule has 0 radical (unpaired) electrons. The molecule has 1 saturated heterocycles. The Bertz CT molecular complexity index is 918. The lowest BCUT2D eigenvalue weighted by molar-refractivity contribution is 0.232. The molecular formula is C19H20N4O2. The van der Waals surface area contributed by atoms with Crippen LogP contribution in [0.25, 0.3) is 16.8 Å². The highest BCUT2D eigenvalue weighted by molar-refractivity contribution is 5.69. The van der Waals surface area contributed by atoms with Gasteiger partial charge in [-0.05, 0) is 31.5 Å². The van der Waals surface area contributed by atoms with Crippen LogP contribution < -0.4 is 10.3 Å². The fourth-order valence-electron chi connectivity index (χ4n) is 3.21. The van der Waals surface area contributed by atoms with E-state index >= 15 is 0 Å². The zero-order chi connectivity index (χ0) is 17.1. The van der Waals surface area contributed by atoms with Crippen LogP contribution in [0.3, 0.4) is 0 Å². The molecule has 128 valence electrons. The highest BCUT2D eigenvalue weighted by Crippen LogP contribution is 2.25. The molecule has 0 atom stereocenters. The van der Waals surface area contributed by atoms with Crippen LogP contribution in [0.15, 0.2) is 53.7 Å². The van der Waals surface area contributed by atoms with E-state index in [0.29, 0.717) is 23.7 Å². The first-order valence-electron chi connectivity index (χ1n) is 8.60. The highest BCUT2D eigenvalue weighted by Gasteiger charge is 2.17. The number of ether oxygens (including phenoxy) is 1. The monoisotopic (exact) mass is 336 g/mol. The maximum Gasteiger partial charge on any atom is 0.269 e. The molecule has 1 aromatic carbocycles. The molecule has 6 heteroatoms. The summed E-state index contributed by atoms with van der Waals surface area (Å²) in [5, 5.41) is 0. The molecule has 2 aromatic heterocycles. The number of fused-ring (bicyclic) bond motifs is 1. The summed E-state index contributed by atoms with van der Waals surface area (Å²) in [7, 11) is 0. The maximum absolute atomic E-state index is 13.0. The third-order valence-electron chi connectivity index (χ3n) is 4.51. The topological polar surface area (TPSA) is 59.7 Å². The van der Waals surface area contributed by atoms with Gasteiger partial charge < -0.3 is 4.74 Å². The first-order chi connectivity index (χ1) is 12.3. The number of hydrogen-bond acceptors (Lipinski definition) is 5. The molecule has 6 nitrogen and oxygen atoms in total. The first kappa shape index (κ1) is 15.8. The Morgan fingerprint density at radius 2 is 1.92 bits per heavy atom. The molecule has 0 bridgehead atoms. The molecule has 4 rings (SSSR count). The van der Waals surface area contributed by atoms with E-state index in [1.807, 2.05) is 30.3 Å². The third kappa shape index (κ3) is 3.25. The molecule has 25 heavy (non-hydrogen) atoms. The molecule has 0 unspecified atom stereocenters. The number of nitrogens with zero attached hydrogens (tertiary/aromatic N) is 4. The Labute approximate surface area is 145 Å². The Morgan fingerprint density at radius 1 is 1.12 bits per heavy atom. The van der Waals surface area contributed by atoms with Gasteiger partial charge in [0, 0.05) is 18.9 Å². The van der Waals surface area contributed by atoms with Crippen LogP contribution in [0, 0.1) is 0 Å². The molecule has 0 saturated carbocycles. The van der Waals surface area contributed by atoms with Gasteiger partial charge in [-0.15, -0.1) is 0 Å². The van der Waals surface area contributed by atoms with Gasteiger partial charge in [-0.3, -0.25) is 19.1 Å². The fraction of sp³-hybridized carbons (Fsp3) is 0.316. The van der Waals surface area contributed by atoms with Gasteiger partial charge >= 0.3 is 0 Å². The normalized spacial score (nSPS) is 14.9. The van der Waals surface area contributed by atoms with Gasteiger partial charge in [0.15, 0.2) is 5.65 Å². The van der Waals surface area contributed by atoms with E-state index in [2.05, 4.69) is 14.9 Å². The average Bonchev–Trinajstić information content (AvgIpc) is 3.16. The van der Waals surface area contributed by atoms with Gasteiger partial charge in [-0.2, -0.15) is 4.98 Å². The van der Waals surface area contributed by atoms with Gasteiger partial charge in [0.05, 0.1) is 6.20 Å². The third-order valence-corrected chi connectivity index (χ3v) is 4.51. The summed E-state index contributed by atoms with van der Waals surface area (Å²) in [5.74, 6) is 0.378. The van der Waals surface area contributed by atoms with Crippen LogP contribution in [0.4, 0.5) is 0 Å². The van der Waals surface area contributed by atoms with Crippen molar-refractivity contribution in [3.8, 4) is 17.0 Å². The van der Waals surface area contributed by atoms with Crippen LogP contribution in [-0.2, 0) is 0 Å². The average molecular weight is 336 g/mol. The van der Waals surface area contributed by atoms with E-state index in [1.165, 1.54) is 17.2 Å². The van der Waals surface area contributed by atoms with E-state index in [9.17, 15) is 4.79 Å². The second-order valence-corrected chi connectivity index (χ2v) is 6.16. The summed E-state index contributed by atoms with van der Waals surface area (Å²) in [6.45, 7) is 3.60. The molecule has 1 aliphatic heterocycles. The first-order valence-corrected chi connectivity index (χ1v) is 8.60. The largest absolute Gasteiger partial charge is 0.476 e. The minimum Gasteiger partial charge on any atom is -0.476 e. The van der Waals surface area contributed by atoms with Crippen LogP contribution in [0.2, 0.25) is 0 Å². The lowest BCUT2D eigenvalue weighted by Crippen LogP contribution is -2.26. The second kappa shape index (κ2) is 7.03. The van der Waals surface area contributed by atoms with Crippen LogP contribution in [0.5, 0.6) is 5.88 Å². The Balaban J connectivity index is 1.71. The van der Waals surface area contributed by atoms with Gasteiger partial charge in [0.1, 0.15) is 12.2 Å². The predicted octanol–water partition coefficient (Wildman–Crippen LogP) is 2.23. The quantitative estimate of drug-likeness (QED) is 0.715. The predicted molar refractivity (Wildman–Crippen MR) is 95.9 cm³/mol. The standard InChI is InChI=1S/C19H20N4O2/c24-19-17(15-6-2-1-3-7-15)18(21-16-14-20-8-11-23(16)19)25-13-12-22-9-4-5-10-22/h1-3,6-8,11,14H,4-5,9-10,12-13H2. The minimum atomic E-state index is -0.144. The zero-order valence-electron chi connectivity index (χ0n) is 14.0. The summed E-state index contributed by atoms with van der Waals surface area (Å²) < 4.78 is 7.45. The van der Waals surface area contributed by atoms with Crippen LogP contribution in [-0.4, -0.2) is 45.5 Å². The lowest BCUT2D eigenvalue weighted by Gasteiger charge is -2.16. The summed E-state index contributed by atoms with van der Waals surface area (Å²) >= 11 is 0. The molecule has 3 aromatic rings. The number of aromatic nitrogens is 3. The minimum absolute atomic E-state index is 0.144. The van der Waals surface area contributed by atoms with Gasteiger partial charge in [-0.1, -0.05) is 30.3 Å². The molecule has 0 amide bonds. The molecule has 1 aliphatic rings. The summed E-state index contributed by atoms with van der Waals surface area (Å²) in [4.78, 5) is 23.9. The van der Waals surface area contributed by atoms with E-state index in [-0.39, 0.29) is 5.56 Å². The fourth-order valence-corrected chi connectivity index (χ4v) is 3.21. The van der Waals surface area contributed by atoms with E-state index < -0.39 is 0 Å². The van der Waals surface area contributed by atoms with Gasteiger partial charge in [-0.25, -0.2) is 0 Å². The SMILES string of the molecule is O=c1c(-c2ccccc2)c(OCCN2CCCC2)nc2cnccn12. The molecule has 0 aliphatic carbocycles. The van der Waals surface area contributed by atoms with Crippen molar-refractivity contribution in [3.63, 3.8) is 0 Å². The van der Waals surface area contributed by atoms with Crippen molar-refractivity contribution in [1.82, 2.24) is 19.3 Å². The zero-order valence-corrected chi connectivity index (χ0v) is 14.0. The Kier molecular flexibility index (Phi) is 4.43. The summed E-state index contributed by atoms with van der Waals surface area (Å²) in [6.07, 6.45) is 7.28. The number of hydrogen-bond donors (Lipinski definition) is 0. The van der Waals surface area contributed by atoms with Crippen LogP contribution in [0.1, 0.15) is 12.8 Å². The smallest absolute Gasteiger partial charge is 0.269 e. The molecule has 1 fully saturated rings. The number of benzene rings is 1. The van der Waals surface area contributed by atoms with E-state index in [4.69, 9.17) is 4.74 Å². The van der Waals surface area contributed by atoms with Crippen molar-refractivity contribution >= 4 is 5.65 Å². The second-order valence-electron chi connectivity index (χ2n) is 6.16.